The maximum absolute atomic E-state index is 12.5. The summed E-state index contributed by atoms with van der Waals surface area (Å²) in [5.74, 6) is 1.64. The second-order valence-corrected chi connectivity index (χ2v) is 6.72. The number of nitrogens with two attached hydrogens (primary N) is 1. The largest absolute Gasteiger partial charge is 0.486 e. The van der Waals surface area contributed by atoms with Crippen LogP contribution in [-0.4, -0.2) is 29.9 Å². The lowest BCUT2D eigenvalue weighted by molar-refractivity contribution is 0.0672. The van der Waals surface area contributed by atoms with Crippen molar-refractivity contribution < 1.29 is 13.9 Å². The van der Waals surface area contributed by atoms with Gasteiger partial charge in [-0.3, -0.25) is 4.79 Å². The van der Waals surface area contributed by atoms with Crippen molar-refractivity contribution in [2.24, 2.45) is 5.73 Å². The number of furan rings is 1. The summed E-state index contributed by atoms with van der Waals surface area (Å²) in [6.45, 7) is 1.60. The molecule has 0 bridgehead atoms. The fourth-order valence-electron chi connectivity index (χ4n) is 3.33. The Hall–Kier alpha value is -2.50. The van der Waals surface area contributed by atoms with E-state index in [0.717, 1.165) is 30.5 Å². The summed E-state index contributed by atoms with van der Waals surface area (Å²) in [6, 6.07) is 17.7. The first-order valence-electron chi connectivity index (χ1n) is 8.94. The molecular formula is C21H23ClN2O3. The van der Waals surface area contributed by atoms with Crippen LogP contribution in [0, 0.1) is 0 Å². The maximum Gasteiger partial charge on any atom is 0.289 e. The van der Waals surface area contributed by atoms with E-state index in [4.69, 9.17) is 14.9 Å². The van der Waals surface area contributed by atoms with Crippen LogP contribution in [0.5, 0.6) is 5.75 Å². The number of rotatable bonds is 4. The molecule has 0 aliphatic carbocycles. The van der Waals surface area contributed by atoms with Crippen molar-refractivity contribution in [2.45, 2.75) is 25.5 Å². The highest BCUT2D eigenvalue weighted by Gasteiger charge is 2.24. The molecule has 2 heterocycles. The SMILES string of the molecule is Cl.NC1CCCN(C(=O)c2ccc(COc3ccc4ccccc4c3)o2)C1. The molecule has 2 N–H and O–H groups in total. The van der Waals surface area contributed by atoms with Crippen LogP contribution in [0.15, 0.2) is 59.0 Å². The molecule has 0 radical (unpaired) electrons. The lowest BCUT2D eigenvalue weighted by Crippen LogP contribution is -2.45. The number of likely N-dealkylation sites (tertiary alicyclic amines) is 1. The van der Waals surface area contributed by atoms with E-state index in [9.17, 15) is 4.79 Å². The summed E-state index contributed by atoms with van der Waals surface area (Å²) in [7, 11) is 0. The Morgan fingerprint density at radius 1 is 1.15 bits per heavy atom. The van der Waals surface area contributed by atoms with Crippen LogP contribution >= 0.6 is 12.4 Å². The highest BCUT2D eigenvalue weighted by Crippen LogP contribution is 2.22. The van der Waals surface area contributed by atoms with E-state index in [-0.39, 0.29) is 31.0 Å². The van der Waals surface area contributed by atoms with Crippen LogP contribution in [0.4, 0.5) is 0 Å². The number of halogens is 1. The standard InChI is InChI=1S/C21H22N2O3.ClH/c22-17-6-3-11-23(13-17)21(24)20-10-9-19(26-20)14-25-18-8-7-15-4-1-2-5-16(15)12-18;/h1-2,4-5,7-10,12,17H,3,6,11,13-14,22H2;1H. The molecule has 1 aliphatic rings. The molecule has 27 heavy (non-hydrogen) atoms. The van der Waals surface area contributed by atoms with Crippen LogP contribution in [0.1, 0.15) is 29.2 Å². The predicted octanol–water partition coefficient (Wildman–Crippen LogP) is 4.00. The molecule has 6 heteroatoms. The Balaban J connectivity index is 0.00000210. The number of fused-ring (bicyclic) bond motifs is 1. The third-order valence-electron chi connectivity index (χ3n) is 4.72. The molecule has 2 aromatic carbocycles. The van der Waals surface area contributed by atoms with E-state index >= 15 is 0 Å². The van der Waals surface area contributed by atoms with Crippen molar-refractivity contribution in [1.82, 2.24) is 4.90 Å². The summed E-state index contributed by atoms with van der Waals surface area (Å²) in [6.07, 6.45) is 1.90. The van der Waals surface area contributed by atoms with Crippen molar-refractivity contribution in [2.75, 3.05) is 13.1 Å². The van der Waals surface area contributed by atoms with Gasteiger partial charge in [0.2, 0.25) is 0 Å². The molecule has 4 rings (SSSR count). The quantitative estimate of drug-likeness (QED) is 0.735. The number of piperidine rings is 1. The minimum absolute atomic E-state index is 0. The Kier molecular flexibility index (Phi) is 6.04. The zero-order valence-corrected chi connectivity index (χ0v) is 15.8. The van der Waals surface area contributed by atoms with E-state index in [1.54, 1.807) is 17.0 Å². The average molecular weight is 387 g/mol. The number of hydrogen-bond donors (Lipinski definition) is 1. The number of ether oxygens (including phenoxy) is 1. The Morgan fingerprint density at radius 3 is 2.78 bits per heavy atom. The first-order chi connectivity index (χ1) is 12.7. The van der Waals surface area contributed by atoms with Gasteiger partial charge in [-0.1, -0.05) is 30.3 Å². The van der Waals surface area contributed by atoms with Crippen molar-refractivity contribution in [3.63, 3.8) is 0 Å². The van der Waals surface area contributed by atoms with Gasteiger partial charge in [-0.25, -0.2) is 0 Å². The van der Waals surface area contributed by atoms with Gasteiger partial charge < -0.3 is 19.8 Å². The van der Waals surface area contributed by atoms with E-state index in [1.807, 2.05) is 30.3 Å². The summed E-state index contributed by atoms with van der Waals surface area (Å²) in [4.78, 5) is 14.3. The van der Waals surface area contributed by atoms with Gasteiger partial charge in [0.25, 0.3) is 5.91 Å². The third kappa shape index (κ3) is 4.43. The smallest absolute Gasteiger partial charge is 0.289 e. The molecule has 1 amide bonds. The molecule has 1 aliphatic heterocycles. The van der Waals surface area contributed by atoms with Gasteiger partial charge in [0.05, 0.1) is 0 Å². The van der Waals surface area contributed by atoms with Crippen molar-refractivity contribution in [3.8, 4) is 5.75 Å². The lowest BCUT2D eigenvalue weighted by atomic mass is 10.1. The molecule has 0 saturated carbocycles. The lowest BCUT2D eigenvalue weighted by Gasteiger charge is -2.30. The van der Waals surface area contributed by atoms with Gasteiger partial charge in [-0.15, -0.1) is 12.4 Å². The molecule has 5 nitrogen and oxygen atoms in total. The van der Waals surface area contributed by atoms with Crippen molar-refractivity contribution in [3.05, 3.63) is 66.1 Å². The second-order valence-electron chi connectivity index (χ2n) is 6.72. The molecule has 142 valence electrons. The predicted molar refractivity (Wildman–Crippen MR) is 107 cm³/mol. The van der Waals surface area contributed by atoms with Gasteiger partial charge in [0.1, 0.15) is 18.1 Å². The maximum atomic E-state index is 12.5. The summed E-state index contributed by atoms with van der Waals surface area (Å²) < 4.78 is 11.5. The summed E-state index contributed by atoms with van der Waals surface area (Å²) >= 11 is 0. The highest BCUT2D eigenvalue weighted by molar-refractivity contribution is 5.91. The van der Waals surface area contributed by atoms with Gasteiger partial charge in [-0.05, 0) is 47.9 Å². The molecule has 1 aromatic heterocycles. The van der Waals surface area contributed by atoms with Crippen LogP contribution in [-0.2, 0) is 6.61 Å². The van der Waals surface area contributed by atoms with E-state index in [2.05, 4.69) is 12.1 Å². The Bertz CT molecular complexity index is 924. The zero-order chi connectivity index (χ0) is 17.9. The van der Waals surface area contributed by atoms with Gasteiger partial charge in [0.15, 0.2) is 5.76 Å². The third-order valence-corrected chi connectivity index (χ3v) is 4.72. The van der Waals surface area contributed by atoms with Gasteiger partial charge in [0, 0.05) is 19.1 Å². The molecule has 3 aromatic rings. The van der Waals surface area contributed by atoms with Crippen LogP contribution in [0.2, 0.25) is 0 Å². The minimum atomic E-state index is -0.0999. The molecular weight excluding hydrogens is 364 g/mol. The molecule has 1 fully saturated rings. The number of carbonyl (C=O) groups is 1. The molecule has 1 atom stereocenters. The highest BCUT2D eigenvalue weighted by atomic mass is 35.5. The minimum Gasteiger partial charge on any atom is -0.486 e. The number of benzene rings is 2. The second kappa shape index (κ2) is 8.46. The van der Waals surface area contributed by atoms with Crippen molar-refractivity contribution in [1.29, 1.82) is 0 Å². The van der Waals surface area contributed by atoms with E-state index in [0.29, 0.717) is 18.1 Å². The van der Waals surface area contributed by atoms with Crippen molar-refractivity contribution >= 4 is 29.1 Å². The molecule has 1 saturated heterocycles. The average Bonchev–Trinajstić information content (AvgIpc) is 3.14. The fraction of sp³-hybridized carbons (Fsp3) is 0.286. The number of hydrogen-bond acceptors (Lipinski definition) is 4. The molecule has 1 unspecified atom stereocenters. The fourth-order valence-corrected chi connectivity index (χ4v) is 3.33. The summed E-state index contributed by atoms with van der Waals surface area (Å²) in [5.41, 5.74) is 5.95. The number of carbonyl (C=O) groups excluding carboxylic acids is 1. The van der Waals surface area contributed by atoms with E-state index < -0.39 is 0 Å². The van der Waals surface area contributed by atoms with Crippen LogP contribution in [0.3, 0.4) is 0 Å². The Morgan fingerprint density at radius 2 is 1.96 bits per heavy atom. The monoisotopic (exact) mass is 386 g/mol. The number of nitrogens with zero attached hydrogens (tertiary/aromatic N) is 1. The Labute approximate surface area is 164 Å². The van der Waals surface area contributed by atoms with Gasteiger partial charge >= 0.3 is 0 Å². The zero-order valence-electron chi connectivity index (χ0n) is 15.0. The summed E-state index contributed by atoms with van der Waals surface area (Å²) in [5, 5.41) is 2.30. The topological polar surface area (TPSA) is 68.7 Å². The first kappa shape index (κ1) is 19.3. The normalized spacial score (nSPS) is 16.8. The van der Waals surface area contributed by atoms with E-state index in [1.165, 1.54) is 5.39 Å². The van der Waals surface area contributed by atoms with Crippen LogP contribution < -0.4 is 10.5 Å². The van der Waals surface area contributed by atoms with Crippen LogP contribution in [0.25, 0.3) is 10.8 Å². The molecule has 0 spiro atoms. The number of amides is 1. The van der Waals surface area contributed by atoms with Gasteiger partial charge in [-0.2, -0.15) is 0 Å². The first-order valence-corrected chi connectivity index (χ1v) is 8.94.